The molecule has 214 valence electrons. The van der Waals surface area contributed by atoms with E-state index in [0.717, 1.165) is 25.1 Å². The first kappa shape index (κ1) is 29.2. The van der Waals surface area contributed by atoms with Gasteiger partial charge in [0.05, 0.1) is 29.5 Å². The van der Waals surface area contributed by atoms with Crippen LogP contribution in [0.2, 0.25) is 0 Å². The van der Waals surface area contributed by atoms with Crippen LogP contribution in [-0.4, -0.2) is 22.0 Å². The number of nitrogens with one attached hydrogen (secondary N) is 2. The molecule has 13 heteroatoms. The Balaban J connectivity index is 1.40. The number of hydrogen-bond acceptors (Lipinski definition) is 4. The van der Waals surface area contributed by atoms with E-state index in [1.165, 1.54) is 6.07 Å². The monoisotopic (exact) mass is 571 g/mol. The zero-order valence-electron chi connectivity index (χ0n) is 21.1. The van der Waals surface area contributed by atoms with Crippen molar-refractivity contribution in [3.8, 4) is 11.4 Å². The number of hydrogen-bond donors (Lipinski definition) is 2. The van der Waals surface area contributed by atoms with Crippen molar-refractivity contribution < 1.29 is 40.3 Å². The van der Waals surface area contributed by atoms with Crippen LogP contribution < -0.4 is 10.9 Å². The second-order valence-electron chi connectivity index (χ2n) is 9.52. The van der Waals surface area contributed by atoms with Gasteiger partial charge in [-0.2, -0.15) is 17.6 Å². The van der Waals surface area contributed by atoms with Crippen LogP contribution in [0.4, 0.5) is 30.7 Å². The number of carbonyl (C=O) groups is 1. The Morgan fingerprint density at radius 2 is 1.73 bits per heavy atom. The van der Waals surface area contributed by atoms with E-state index in [1.54, 1.807) is 0 Å². The van der Waals surface area contributed by atoms with Gasteiger partial charge in [0.2, 0.25) is 11.7 Å². The Hall–Kier alpha value is -3.74. The summed E-state index contributed by atoms with van der Waals surface area (Å²) >= 11 is 0. The molecule has 6 nitrogen and oxygen atoms in total. The van der Waals surface area contributed by atoms with Gasteiger partial charge in [0.1, 0.15) is 11.6 Å². The summed E-state index contributed by atoms with van der Waals surface area (Å²) in [5.41, 5.74) is -4.15. The minimum absolute atomic E-state index is 0.0714. The summed E-state index contributed by atoms with van der Waals surface area (Å²) in [6.07, 6.45) is -3.36. The molecule has 1 amide bonds. The van der Waals surface area contributed by atoms with Gasteiger partial charge in [-0.3, -0.25) is 9.59 Å². The van der Waals surface area contributed by atoms with Gasteiger partial charge in [0.25, 0.3) is 5.56 Å². The lowest BCUT2D eigenvalue weighted by molar-refractivity contribution is -0.137. The minimum Gasteiger partial charge on any atom is -0.374 e. The Kier molecular flexibility index (Phi) is 8.62. The molecule has 0 aliphatic heterocycles. The fourth-order valence-electron chi connectivity index (χ4n) is 4.58. The molecule has 1 aliphatic carbocycles. The smallest absolute Gasteiger partial charge is 0.374 e. The molecule has 0 bridgehead atoms. The molecule has 1 aromatic heterocycles. The highest BCUT2D eigenvalue weighted by Crippen LogP contribution is 2.38. The number of aromatic nitrogens is 2. The molecule has 1 fully saturated rings. The highest BCUT2D eigenvalue weighted by molar-refractivity contribution is 5.78. The number of aryl methyl sites for hydroxylation is 1. The molecule has 3 aromatic rings. The van der Waals surface area contributed by atoms with Crippen molar-refractivity contribution in [3.05, 3.63) is 86.3 Å². The summed E-state index contributed by atoms with van der Waals surface area (Å²) in [6.45, 7) is 0.695. The van der Waals surface area contributed by atoms with Gasteiger partial charge in [-0.1, -0.05) is 12.1 Å². The highest BCUT2D eigenvalue weighted by atomic mass is 19.4. The molecular weight excluding hydrogens is 547 g/mol. The van der Waals surface area contributed by atoms with Gasteiger partial charge in [-0.05, 0) is 56.4 Å². The Labute approximate surface area is 223 Å². The number of amides is 1. The van der Waals surface area contributed by atoms with Gasteiger partial charge < -0.3 is 15.0 Å². The van der Waals surface area contributed by atoms with Gasteiger partial charge in [-0.15, -0.1) is 0 Å². The number of rotatable bonds is 7. The van der Waals surface area contributed by atoms with Crippen LogP contribution in [0, 0.1) is 36.1 Å². The fourth-order valence-corrected chi connectivity index (χ4v) is 4.58. The molecule has 1 saturated carbocycles. The fraction of sp³-hybridized carbons (Fsp3) is 0.370. The predicted molar refractivity (Wildman–Crippen MR) is 129 cm³/mol. The summed E-state index contributed by atoms with van der Waals surface area (Å²) in [5, 5.41) is 2.53. The summed E-state index contributed by atoms with van der Waals surface area (Å²) < 4.78 is 102. The quantitative estimate of drug-likeness (QED) is 0.356. The van der Waals surface area contributed by atoms with E-state index < -0.39 is 76.0 Å². The van der Waals surface area contributed by atoms with Crippen molar-refractivity contribution >= 4 is 5.91 Å². The number of carbonyl (C=O) groups excluding carboxylic acids is 1. The topological polar surface area (TPSA) is 84.1 Å². The number of H-pyrrole nitrogens is 1. The molecule has 4 rings (SSSR count). The van der Waals surface area contributed by atoms with Crippen LogP contribution in [0.5, 0.6) is 0 Å². The van der Waals surface area contributed by atoms with Crippen molar-refractivity contribution in [3.63, 3.8) is 0 Å². The second-order valence-corrected chi connectivity index (χ2v) is 9.52. The maximum Gasteiger partial charge on any atom is 0.417 e. The number of ether oxygens (including phenoxy) is 1. The lowest BCUT2D eigenvalue weighted by Gasteiger charge is -2.28. The third kappa shape index (κ3) is 6.52. The van der Waals surface area contributed by atoms with Gasteiger partial charge >= 0.3 is 6.18 Å². The molecule has 40 heavy (non-hydrogen) atoms. The van der Waals surface area contributed by atoms with Crippen LogP contribution in [-0.2, 0) is 28.9 Å². The second kappa shape index (κ2) is 11.8. The average molecular weight is 571 g/mol. The molecule has 2 N–H and O–H groups in total. The Bertz CT molecular complexity index is 1460. The van der Waals surface area contributed by atoms with Gasteiger partial charge in [-0.25, -0.2) is 18.2 Å². The molecule has 2 aromatic carbocycles. The maximum absolute atomic E-state index is 15.4. The van der Waals surface area contributed by atoms with Crippen LogP contribution >= 0.6 is 0 Å². The van der Waals surface area contributed by atoms with E-state index in [0.29, 0.717) is 37.3 Å². The third-order valence-corrected chi connectivity index (χ3v) is 6.76. The maximum atomic E-state index is 15.4. The summed E-state index contributed by atoms with van der Waals surface area (Å²) in [4.78, 5) is 29.9. The SMILES string of the molecule is Cc1nc(-c2c(C(F)(F)F)ccc(CNC(=O)[C@H]3CC[C@H](OCc4ccc(F)c(F)c4)CC3)c2F)[nH]c(=O)c1F. The van der Waals surface area contributed by atoms with Crippen molar-refractivity contribution in [2.24, 2.45) is 5.92 Å². The largest absolute Gasteiger partial charge is 0.417 e. The van der Waals surface area contributed by atoms with E-state index in [2.05, 4.69) is 10.3 Å². The normalized spacial score (nSPS) is 17.6. The zero-order chi connectivity index (χ0) is 29.2. The standard InChI is InChI=1S/C27H24F7N3O3/c1-13-22(30)26(39)37-24(36-13)21-18(27(32,33)34)8-5-16(23(21)31)11-35-25(38)15-3-6-17(7-4-15)40-12-14-2-9-19(28)20(29)10-14/h2,5,8-10,15,17H,3-4,6-7,11-12H2,1H3,(H,35,38)(H,36,37,39)/t15-,17-. The minimum atomic E-state index is -5.01. The molecule has 1 heterocycles. The first-order chi connectivity index (χ1) is 18.8. The number of halogens is 7. The summed E-state index contributed by atoms with van der Waals surface area (Å²) in [5.74, 6) is -6.26. The molecule has 0 atom stereocenters. The summed E-state index contributed by atoms with van der Waals surface area (Å²) in [6, 6.07) is 4.95. The Morgan fingerprint density at radius 1 is 1.02 bits per heavy atom. The van der Waals surface area contributed by atoms with Crippen LogP contribution in [0.25, 0.3) is 11.4 Å². The van der Waals surface area contributed by atoms with Gasteiger partial charge in [0.15, 0.2) is 11.6 Å². The van der Waals surface area contributed by atoms with Crippen LogP contribution in [0.1, 0.15) is 48.1 Å². The number of alkyl halides is 3. The van der Waals surface area contributed by atoms with Gasteiger partial charge in [0, 0.05) is 18.0 Å². The van der Waals surface area contributed by atoms with E-state index in [4.69, 9.17) is 4.74 Å². The Morgan fingerprint density at radius 3 is 2.35 bits per heavy atom. The molecule has 0 spiro atoms. The molecular formula is C27H24F7N3O3. The van der Waals surface area contributed by atoms with Crippen LogP contribution in [0.3, 0.4) is 0 Å². The average Bonchev–Trinajstić information content (AvgIpc) is 2.90. The van der Waals surface area contributed by atoms with Crippen LogP contribution in [0.15, 0.2) is 35.1 Å². The molecule has 0 saturated heterocycles. The number of nitrogens with zero attached hydrogens (tertiary/aromatic N) is 1. The third-order valence-electron chi connectivity index (χ3n) is 6.76. The number of aromatic amines is 1. The first-order valence-corrected chi connectivity index (χ1v) is 12.3. The summed E-state index contributed by atoms with van der Waals surface area (Å²) in [7, 11) is 0. The first-order valence-electron chi connectivity index (χ1n) is 12.3. The molecule has 0 unspecified atom stereocenters. The van der Waals surface area contributed by atoms with E-state index in [1.807, 2.05) is 4.98 Å². The highest BCUT2D eigenvalue weighted by Gasteiger charge is 2.37. The van der Waals surface area contributed by atoms with E-state index in [9.17, 15) is 35.9 Å². The predicted octanol–water partition coefficient (Wildman–Crippen LogP) is 5.71. The molecule has 0 radical (unpaired) electrons. The lowest BCUT2D eigenvalue weighted by atomic mass is 9.86. The molecule has 1 aliphatic rings. The lowest BCUT2D eigenvalue weighted by Crippen LogP contribution is -2.34. The van der Waals surface area contributed by atoms with Crippen molar-refractivity contribution in [1.29, 1.82) is 0 Å². The van der Waals surface area contributed by atoms with Crippen molar-refractivity contribution in [2.45, 2.75) is 58.0 Å². The number of benzene rings is 2. The van der Waals surface area contributed by atoms with E-state index >= 15 is 4.39 Å². The van der Waals surface area contributed by atoms with Crippen molar-refractivity contribution in [2.75, 3.05) is 0 Å². The van der Waals surface area contributed by atoms with E-state index in [-0.39, 0.29) is 18.3 Å². The van der Waals surface area contributed by atoms with Crippen molar-refractivity contribution in [1.82, 2.24) is 15.3 Å². The zero-order valence-corrected chi connectivity index (χ0v) is 21.1.